The Morgan fingerprint density at radius 3 is 2.75 bits per heavy atom. The van der Waals surface area contributed by atoms with Crippen molar-refractivity contribution in [3.05, 3.63) is 35.6 Å². The molecular weight excluding hydrogens is 418 g/mol. The lowest BCUT2D eigenvalue weighted by atomic mass is 10.1. The van der Waals surface area contributed by atoms with Crippen LogP contribution in [0.2, 0.25) is 0 Å². The van der Waals surface area contributed by atoms with Crippen LogP contribution in [0.5, 0.6) is 0 Å². The van der Waals surface area contributed by atoms with Gasteiger partial charge in [-0.1, -0.05) is 12.1 Å². The first-order valence-corrected chi connectivity index (χ1v) is 8.58. The average molecular weight is 448 g/mol. The molecule has 0 radical (unpaired) electrons. The highest BCUT2D eigenvalue weighted by Crippen LogP contribution is 2.26. The number of guanidine groups is 1. The molecule has 0 saturated heterocycles. The zero-order chi connectivity index (χ0) is 16.7. The predicted molar refractivity (Wildman–Crippen MR) is 110 cm³/mol. The van der Waals surface area contributed by atoms with Gasteiger partial charge in [0.05, 0.1) is 6.54 Å². The molecule has 1 saturated carbocycles. The minimum Gasteiger partial charge on any atom is -0.357 e. The van der Waals surface area contributed by atoms with Crippen LogP contribution in [-0.2, 0) is 6.42 Å². The second-order valence-corrected chi connectivity index (χ2v) is 6.27. The fraction of sp³-hybridized carbons (Fsp3) is 0.611. The van der Waals surface area contributed by atoms with Crippen molar-refractivity contribution < 1.29 is 4.39 Å². The van der Waals surface area contributed by atoms with Gasteiger partial charge in [-0.2, -0.15) is 0 Å². The number of halogens is 2. The molecule has 2 N–H and O–H groups in total. The summed E-state index contributed by atoms with van der Waals surface area (Å²) in [4.78, 5) is 7.09. The Morgan fingerprint density at radius 1 is 1.38 bits per heavy atom. The first-order chi connectivity index (χ1) is 11.1. The summed E-state index contributed by atoms with van der Waals surface area (Å²) in [5.74, 6) is 0.653. The number of nitrogens with zero attached hydrogens (tertiary/aromatic N) is 2. The van der Waals surface area contributed by atoms with Gasteiger partial charge in [0, 0.05) is 25.2 Å². The van der Waals surface area contributed by atoms with E-state index in [0.717, 1.165) is 43.6 Å². The van der Waals surface area contributed by atoms with Gasteiger partial charge in [-0.15, -0.1) is 24.0 Å². The summed E-state index contributed by atoms with van der Waals surface area (Å²) in [6, 6.07) is 7.95. The lowest BCUT2D eigenvalue weighted by Crippen LogP contribution is -2.40. The average Bonchev–Trinajstić information content (AvgIpc) is 3.36. The fourth-order valence-corrected chi connectivity index (χ4v) is 2.55. The Hall–Kier alpha value is -0.890. The van der Waals surface area contributed by atoms with Crippen molar-refractivity contribution in [3.63, 3.8) is 0 Å². The molecule has 1 aliphatic rings. The standard InChI is InChI=1S/C18H29FN4.HI/c1-4-20-18(22-13-14(2)23(3)17-8-9-17)21-11-10-15-6-5-7-16(19)12-15;/h5-7,12,14,17H,4,8-11,13H2,1-3H3,(H2,20,21,22);1H. The smallest absolute Gasteiger partial charge is 0.191 e. The Balaban J connectivity index is 0.00000288. The van der Waals surface area contributed by atoms with E-state index in [1.807, 2.05) is 6.07 Å². The minimum atomic E-state index is -0.181. The van der Waals surface area contributed by atoms with Gasteiger partial charge in [-0.05, 0) is 57.9 Å². The van der Waals surface area contributed by atoms with Gasteiger partial charge in [0.25, 0.3) is 0 Å². The number of hydrogen-bond donors (Lipinski definition) is 2. The summed E-state index contributed by atoms with van der Waals surface area (Å²) >= 11 is 0. The minimum absolute atomic E-state index is 0. The summed E-state index contributed by atoms with van der Waals surface area (Å²) in [5, 5.41) is 6.59. The maximum absolute atomic E-state index is 13.2. The van der Waals surface area contributed by atoms with Crippen molar-refractivity contribution in [3.8, 4) is 0 Å². The van der Waals surface area contributed by atoms with E-state index in [1.54, 1.807) is 12.1 Å². The zero-order valence-corrected chi connectivity index (χ0v) is 17.2. The lowest BCUT2D eigenvalue weighted by Gasteiger charge is -2.23. The lowest BCUT2D eigenvalue weighted by molar-refractivity contribution is 0.253. The molecule has 0 heterocycles. The maximum Gasteiger partial charge on any atom is 0.191 e. The number of nitrogens with one attached hydrogen (secondary N) is 2. The van der Waals surface area contributed by atoms with Gasteiger partial charge in [0.1, 0.15) is 5.82 Å². The van der Waals surface area contributed by atoms with E-state index >= 15 is 0 Å². The summed E-state index contributed by atoms with van der Waals surface area (Å²) in [7, 11) is 2.18. The molecule has 0 amide bonds. The molecule has 136 valence electrons. The first-order valence-electron chi connectivity index (χ1n) is 8.58. The SMILES string of the molecule is CCNC(=NCC(C)N(C)C1CC1)NCCc1cccc(F)c1.I. The predicted octanol–water partition coefficient (Wildman–Crippen LogP) is 3.02. The van der Waals surface area contributed by atoms with Crippen LogP contribution in [0.4, 0.5) is 4.39 Å². The van der Waals surface area contributed by atoms with Crippen LogP contribution in [0, 0.1) is 5.82 Å². The second kappa shape index (κ2) is 10.9. The highest BCUT2D eigenvalue weighted by atomic mass is 127. The van der Waals surface area contributed by atoms with Gasteiger partial charge in [0.2, 0.25) is 0 Å². The Morgan fingerprint density at radius 2 is 2.12 bits per heavy atom. The van der Waals surface area contributed by atoms with Gasteiger partial charge < -0.3 is 10.6 Å². The molecule has 1 aromatic carbocycles. The van der Waals surface area contributed by atoms with E-state index in [4.69, 9.17) is 0 Å². The molecule has 0 aromatic heterocycles. The number of hydrogen-bond acceptors (Lipinski definition) is 2. The molecule has 1 fully saturated rings. The van der Waals surface area contributed by atoms with Crippen LogP contribution < -0.4 is 10.6 Å². The van der Waals surface area contributed by atoms with Crippen LogP contribution >= 0.6 is 24.0 Å². The highest BCUT2D eigenvalue weighted by molar-refractivity contribution is 14.0. The monoisotopic (exact) mass is 448 g/mol. The van der Waals surface area contributed by atoms with E-state index in [9.17, 15) is 4.39 Å². The third-order valence-electron chi connectivity index (χ3n) is 4.27. The van der Waals surface area contributed by atoms with Gasteiger partial charge >= 0.3 is 0 Å². The van der Waals surface area contributed by atoms with E-state index in [1.165, 1.54) is 18.9 Å². The molecule has 2 rings (SSSR count). The van der Waals surface area contributed by atoms with Crippen molar-refractivity contribution >= 4 is 29.9 Å². The van der Waals surface area contributed by atoms with E-state index in [2.05, 4.69) is 41.4 Å². The molecule has 1 atom stereocenters. The van der Waals surface area contributed by atoms with Gasteiger partial charge in [-0.25, -0.2) is 4.39 Å². The zero-order valence-electron chi connectivity index (χ0n) is 14.9. The van der Waals surface area contributed by atoms with Crippen LogP contribution in [0.1, 0.15) is 32.3 Å². The number of likely N-dealkylation sites (N-methyl/N-ethyl adjacent to an activating group) is 1. The molecular formula is C18H30FIN4. The van der Waals surface area contributed by atoms with Crippen LogP contribution in [0.15, 0.2) is 29.3 Å². The molecule has 24 heavy (non-hydrogen) atoms. The van der Waals surface area contributed by atoms with Crippen LogP contribution in [-0.4, -0.2) is 49.6 Å². The molecule has 4 nitrogen and oxygen atoms in total. The Bertz CT molecular complexity index is 519. The van der Waals surface area contributed by atoms with Crippen molar-refractivity contribution in [2.75, 3.05) is 26.7 Å². The largest absolute Gasteiger partial charge is 0.357 e. The molecule has 1 aliphatic carbocycles. The topological polar surface area (TPSA) is 39.7 Å². The summed E-state index contributed by atoms with van der Waals surface area (Å²) in [6.07, 6.45) is 3.41. The van der Waals surface area contributed by atoms with Crippen LogP contribution in [0.25, 0.3) is 0 Å². The Labute approximate surface area is 162 Å². The van der Waals surface area contributed by atoms with E-state index in [-0.39, 0.29) is 29.8 Å². The first kappa shape index (κ1) is 21.2. The number of benzene rings is 1. The van der Waals surface area contributed by atoms with Crippen molar-refractivity contribution in [2.45, 2.75) is 45.2 Å². The Kier molecular flexibility index (Phi) is 9.58. The third kappa shape index (κ3) is 7.34. The number of rotatable bonds is 8. The molecule has 6 heteroatoms. The fourth-order valence-electron chi connectivity index (χ4n) is 2.55. The normalized spacial score (nSPS) is 15.8. The van der Waals surface area contributed by atoms with E-state index in [0.29, 0.717) is 6.04 Å². The van der Waals surface area contributed by atoms with Crippen molar-refractivity contribution in [1.29, 1.82) is 0 Å². The molecule has 1 aromatic rings. The van der Waals surface area contributed by atoms with Gasteiger partial charge in [-0.3, -0.25) is 9.89 Å². The molecule has 0 spiro atoms. The summed E-state index contributed by atoms with van der Waals surface area (Å²) in [5.41, 5.74) is 0.996. The molecule has 0 bridgehead atoms. The second-order valence-electron chi connectivity index (χ2n) is 6.27. The third-order valence-corrected chi connectivity index (χ3v) is 4.27. The quantitative estimate of drug-likeness (QED) is 0.365. The van der Waals surface area contributed by atoms with E-state index < -0.39 is 0 Å². The number of aliphatic imine (C=N–C) groups is 1. The van der Waals surface area contributed by atoms with Gasteiger partial charge in [0.15, 0.2) is 5.96 Å². The summed E-state index contributed by atoms with van der Waals surface area (Å²) in [6.45, 7) is 6.63. The van der Waals surface area contributed by atoms with Crippen LogP contribution in [0.3, 0.4) is 0 Å². The maximum atomic E-state index is 13.2. The van der Waals surface area contributed by atoms with Crippen molar-refractivity contribution in [2.24, 2.45) is 4.99 Å². The highest BCUT2D eigenvalue weighted by Gasteiger charge is 2.28. The molecule has 1 unspecified atom stereocenters. The van der Waals surface area contributed by atoms with Crippen molar-refractivity contribution in [1.82, 2.24) is 15.5 Å². The molecule has 0 aliphatic heterocycles. The summed E-state index contributed by atoms with van der Waals surface area (Å²) < 4.78 is 13.2.